The van der Waals surface area contributed by atoms with Crippen LogP contribution in [0.1, 0.15) is 26.1 Å². The number of aromatic amines is 1. The Hall–Kier alpha value is -1.21. The molecule has 1 N–H and O–H groups in total. The van der Waals surface area contributed by atoms with Crippen LogP contribution in [0, 0.1) is 5.92 Å². The summed E-state index contributed by atoms with van der Waals surface area (Å²) in [4.78, 5) is 5.16. The normalized spacial score (nSPS) is 12.2. The van der Waals surface area contributed by atoms with Crippen LogP contribution in [0.4, 0.5) is 0 Å². The van der Waals surface area contributed by atoms with Gasteiger partial charge in [-0.1, -0.05) is 19.9 Å². The lowest BCUT2D eigenvalue weighted by Gasteiger charge is -2.04. The predicted molar refractivity (Wildman–Crippen MR) is 76.6 cm³/mol. The monoisotopic (exact) mass is 299 g/mol. The fraction of sp³-hybridized carbons (Fsp3) is 0.500. The molecule has 0 spiro atoms. The third-order valence-electron chi connectivity index (χ3n) is 2.64. The first kappa shape index (κ1) is 14.2. The molecule has 2 aromatic heterocycles. The SMILES string of the molecule is CC(C)CCS(=O)(=O)Cc1nc(-c2cccs2)n[nH]1. The van der Waals surface area contributed by atoms with Crippen molar-refractivity contribution < 1.29 is 8.42 Å². The van der Waals surface area contributed by atoms with Gasteiger partial charge in [0, 0.05) is 0 Å². The lowest BCUT2D eigenvalue weighted by Crippen LogP contribution is -2.12. The van der Waals surface area contributed by atoms with Crippen molar-refractivity contribution in [2.75, 3.05) is 5.75 Å². The van der Waals surface area contributed by atoms with Gasteiger partial charge in [0.15, 0.2) is 15.7 Å². The molecular formula is C12H17N3O2S2. The topological polar surface area (TPSA) is 75.7 Å². The molecule has 5 nitrogen and oxygen atoms in total. The lowest BCUT2D eigenvalue weighted by atomic mass is 10.2. The van der Waals surface area contributed by atoms with Crippen LogP contribution in [0.5, 0.6) is 0 Å². The molecule has 0 aliphatic rings. The fourth-order valence-corrected chi connectivity index (χ4v) is 3.75. The second kappa shape index (κ2) is 5.83. The van der Waals surface area contributed by atoms with Crippen LogP contribution in [0.15, 0.2) is 17.5 Å². The number of aromatic nitrogens is 3. The minimum Gasteiger partial charge on any atom is -0.262 e. The number of H-pyrrole nitrogens is 1. The van der Waals surface area contributed by atoms with Crippen molar-refractivity contribution in [2.24, 2.45) is 5.92 Å². The van der Waals surface area contributed by atoms with Crippen LogP contribution in [-0.4, -0.2) is 29.4 Å². The van der Waals surface area contributed by atoms with Crippen molar-refractivity contribution in [1.82, 2.24) is 15.2 Å². The summed E-state index contributed by atoms with van der Waals surface area (Å²) in [7, 11) is -3.12. The van der Waals surface area contributed by atoms with Gasteiger partial charge in [-0.2, -0.15) is 5.10 Å². The smallest absolute Gasteiger partial charge is 0.191 e. The van der Waals surface area contributed by atoms with Gasteiger partial charge in [-0.05, 0) is 23.8 Å². The molecule has 7 heteroatoms. The summed E-state index contributed by atoms with van der Waals surface area (Å²) in [6.45, 7) is 4.03. The highest BCUT2D eigenvalue weighted by Crippen LogP contribution is 2.20. The number of hydrogen-bond acceptors (Lipinski definition) is 5. The fourth-order valence-electron chi connectivity index (χ4n) is 1.57. The van der Waals surface area contributed by atoms with Crippen molar-refractivity contribution in [3.05, 3.63) is 23.3 Å². The molecule has 19 heavy (non-hydrogen) atoms. The number of nitrogens with zero attached hydrogens (tertiary/aromatic N) is 2. The summed E-state index contributed by atoms with van der Waals surface area (Å²) in [6.07, 6.45) is 0.675. The molecule has 2 aromatic rings. The van der Waals surface area contributed by atoms with Gasteiger partial charge in [-0.15, -0.1) is 11.3 Å². The van der Waals surface area contributed by atoms with Crippen LogP contribution in [0.25, 0.3) is 10.7 Å². The first-order chi connectivity index (χ1) is 8.96. The molecule has 0 saturated heterocycles. The molecule has 0 atom stereocenters. The van der Waals surface area contributed by atoms with E-state index in [1.165, 1.54) is 11.3 Å². The van der Waals surface area contributed by atoms with E-state index in [9.17, 15) is 8.42 Å². The van der Waals surface area contributed by atoms with Crippen LogP contribution >= 0.6 is 11.3 Å². The maximum atomic E-state index is 11.9. The van der Waals surface area contributed by atoms with Gasteiger partial charge in [0.2, 0.25) is 0 Å². The average molecular weight is 299 g/mol. The zero-order valence-corrected chi connectivity index (χ0v) is 12.6. The molecular weight excluding hydrogens is 282 g/mol. The van der Waals surface area contributed by atoms with E-state index >= 15 is 0 Å². The Kier molecular flexibility index (Phi) is 4.36. The summed E-state index contributed by atoms with van der Waals surface area (Å²) >= 11 is 1.53. The largest absolute Gasteiger partial charge is 0.262 e. The zero-order chi connectivity index (χ0) is 13.9. The molecule has 0 fully saturated rings. The first-order valence-corrected chi connectivity index (χ1v) is 8.82. The Bertz CT molecular complexity index is 615. The van der Waals surface area contributed by atoms with Crippen LogP contribution in [0.3, 0.4) is 0 Å². The summed E-state index contributed by atoms with van der Waals surface area (Å²) in [5.74, 6) is 1.47. The maximum Gasteiger partial charge on any atom is 0.191 e. The highest BCUT2D eigenvalue weighted by Gasteiger charge is 2.16. The number of rotatable bonds is 6. The molecule has 0 aromatic carbocycles. The van der Waals surface area contributed by atoms with E-state index in [0.29, 0.717) is 24.0 Å². The molecule has 0 aliphatic carbocycles. The highest BCUT2D eigenvalue weighted by atomic mass is 32.2. The third kappa shape index (κ3) is 4.14. The molecule has 0 aliphatic heterocycles. The second-order valence-electron chi connectivity index (χ2n) is 4.86. The minimum atomic E-state index is -3.12. The Balaban J connectivity index is 2.04. The molecule has 0 saturated carbocycles. The molecule has 2 heterocycles. The Morgan fingerprint density at radius 2 is 2.21 bits per heavy atom. The molecule has 0 bridgehead atoms. The standard InChI is InChI=1S/C12H17N3O2S2/c1-9(2)5-7-19(16,17)8-11-13-12(15-14-11)10-4-3-6-18-10/h3-4,6,9H,5,7-8H2,1-2H3,(H,13,14,15). The van der Waals surface area contributed by atoms with E-state index in [2.05, 4.69) is 15.2 Å². The molecule has 0 radical (unpaired) electrons. The van der Waals surface area contributed by atoms with Gasteiger partial charge in [-0.25, -0.2) is 13.4 Å². The van der Waals surface area contributed by atoms with Gasteiger partial charge in [0.1, 0.15) is 11.6 Å². The molecule has 0 unspecified atom stereocenters. The maximum absolute atomic E-state index is 11.9. The summed E-state index contributed by atoms with van der Waals surface area (Å²) in [5.41, 5.74) is 0. The zero-order valence-electron chi connectivity index (χ0n) is 11.0. The van der Waals surface area contributed by atoms with Crippen molar-refractivity contribution in [1.29, 1.82) is 0 Å². The van der Waals surface area contributed by atoms with E-state index in [1.54, 1.807) is 0 Å². The van der Waals surface area contributed by atoms with Crippen LogP contribution in [-0.2, 0) is 15.6 Å². The lowest BCUT2D eigenvalue weighted by molar-refractivity contribution is 0.572. The average Bonchev–Trinajstić information content (AvgIpc) is 2.95. The van der Waals surface area contributed by atoms with Crippen LogP contribution < -0.4 is 0 Å². The van der Waals surface area contributed by atoms with E-state index in [4.69, 9.17) is 0 Å². The van der Waals surface area contributed by atoms with Gasteiger partial charge in [0.05, 0.1) is 10.6 Å². The molecule has 2 rings (SSSR count). The van der Waals surface area contributed by atoms with Crippen molar-refractivity contribution in [3.63, 3.8) is 0 Å². The van der Waals surface area contributed by atoms with Gasteiger partial charge >= 0.3 is 0 Å². The van der Waals surface area contributed by atoms with Crippen molar-refractivity contribution in [3.8, 4) is 10.7 Å². The number of sulfone groups is 1. The molecule has 0 amide bonds. The summed E-state index contributed by atoms with van der Waals surface area (Å²) in [5, 5.41) is 8.69. The Morgan fingerprint density at radius 3 is 2.84 bits per heavy atom. The van der Waals surface area contributed by atoms with Gasteiger partial charge in [0.25, 0.3) is 0 Å². The minimum absolute atomic E-state index is 0.0713. The highest BCUT2D eigenvalue weighted by molar-refractivity contribution is 7.90. The van der Waals surface area contributed by atoms with Gasteiger partial charge in [-0.3, -0.25) is 5.10 Å². The number of nitrogens with one attached hydrogen (secondary N) is 1. The van der Waals surface area contributed by atoms with Crippen LogP contribution in [0.2, 0.25) is 0 Å². The van der Waals surface area contributed by atoms with Crippen molar-refractivity contribution in [2.45, 2.75) is 26.0 Å². The number of hydrogen-bond donors (Lipinski definition) is 1. The van der Waals surface area contributed by atoms with Crippen molar-refractivity contribution >= 4 is 21.2 Å². The summed E-state index contributed by atoms with van der Waals surface area (Å²) in [6, 6.07) is 3.82. The Morgan fingerprint density at radius 1 is 1.42 bits per heavy atom. The molecule has 104 valence electrons. The number of thiophene rings is 1. The first-order valence-electron chi connectivity index (χ1n) is 6.12. The summed E-state index contributed by atoms with van der Waals surface area (Å²) < 4.78 is 23.8. The quantitative estimate of drug-likeness (QED) is 0.889. The van der Waals surface area contributed by atoms with Gasteiger partial charge < -0.3 is 0 Å². The predicted octanol–water partition coefficient (Wildman–Crippen LogP) is 2.49. The van der Waals surface area contributed by atoms with E-state index in [-0.39, 0.29) is 11.5 Å². The third-order valence-corrected chi connectivity index (χ3v) is 5.07. The second-order valence-corrected chi connectivity index (χ2v) is 7.99. The van der Waals surface area contributed by atoms with E-state index in [0.717, 1.165) is 4.88 Å². The van der Waals surface area contributed by atoms with E-state index in [1.807, 2.05) is 31.4 Å². The Labute approximate surface area is 117 Å². The van der Waals surface area contributed by atoms with E-state index < -0.39 is 9.84 Å².